The molecule has 0 aliphatic rings. The summed E-state index contributed by atoms with van der Waals surface area (Å²) in [6.45, 7) is 4.54. The van der Waals surface area contributed by atoms with Crippen LogP contribution in [0, 0.1) is 13.8 Å². The Labute approximate surface area is 141 Å². The zero-order valence-electron chi connectivity index (χ0n) is 11.3. The molecular weight excluding hydrogens is 403 g/mol. The molecule has 0 N–H and O–H groups in total. The Balaban J connectivity index is 2.22. The fraction of sp³-hybridized carbons (Fsp3) is 0.250. The smallest absolute Gasteiger partial charge is 0.126 e. The molecule has 0 unspecified atom stereocenters. The van der Waals surface area contributed by atoms with Crippen molar-refractivity contribution in [3.63, 3.8) is 0 Å². The molecular formula is C16H15Br2ClO. The molecule has 0 aromatic heterocycles. The summed E-state index contributed by atoms with van der Waals surface area (Å²) >= 11 is 13.2. The third kappa shape index (κ3) is 3.78. The van der Waals surface area contributed by atoms with Crippen LogP contribution in [0.1, 0.15) is 22.3 Å². The number of rotatable bonds is 4. The number of halogens is 3. The molecule has 0 saturated heterocycles. The topological polar surface area (TPSA) is 9.23 Å². The number of benzene rings is 2. The van der Waals surface area contributed by atoms with Gasteiger partial charge in [0, 0.05) is 26.0 Å². The average molecular weight is 419 g/mol. The van der Waals surface area contributed by atoms with Crippen LogP contribution in [0.3, 0.4) is 0 Å². The molecule has 20 heavy (non-hydrogen) atoms. The molecule has 106 valence electrons. The quantitative estimate of drug-likeness (QED) is 0.538. The standard InChI is InChI=1S/C16H15Br2ClO/c1-10-3-4-12(15(19)5-10)9-20-16-11(2)6-14(18)7-13(16)8-17/h3-7H,8-9H2,1-2H3. The number of aryl methyl sites for hydroxylation is 2. The van der Waals surface area contributed by atoms with Crippen molar-refractivity contribution in [1.82, 2.24) is 0 Å². The molecule has 4 heteroatoms. The van der Waals surface area contributed by atoms with Crippen LogP contribution in [0.25, 0.3) is 0 Å². The second-order valence-corrected chi connectivity index (χ2v) is 6.61. The van der Waals surface area contributed by atoms with Gasteiger partial charge in [-0.25, -0.2) is 0 Å². The van der Waals surface area contributed by atoms with Crippen molar-refractivity contribution in [2.45, 2.75) is 25.8 Å². The number of ether oxygens (including phenoxy) is 1. The maximum Gasteiger partial charge on any atom is 0.126 e. The van der Waals surface area contributed by atoms with E-state index in [9.17, 15) is 0 Å². The van der Waals surface area contributed by atoms with Gasteiger partial charge in [-0.3, -0.25) is 0 Å². The molecule has 0 fully saturated rings. The van der Waals surface area contributed by atoms with E-state index in [0.29, 0.717) is 6.61 Å². The zero-order valence-corrected chi connectivity index (χ0v) is 15.3. The minimum atomic E-state index is 0.474. The first-order valence-electron chi connectivity index (χ1n) is 6.24. The highest BCUT2D eigenvalue weighted by Gasteiger charge is 2.09. The van der Waals surface area contributed by atoms with Gasteiger partial charge in [0.2, 0.25) is 0 Å². The first-order valence-corrected chi connectivity index (χ1v) is 8.53. The lowest BCUT2D eigenvalue weighted by Crippen LogP contribution is -2.01. The lowest BCUT2D eigenvalue weighted by Gasteiger charge is -2.14. The second-order valence-electron chi connectivity index (χ2n) is 4.73. The summed E-state index contributed by atoms with van der Waals surface area (Å²) in [6, 6.07) is 10.1. The molecule has 0 aliphatic heterocycles. The van der Waals surface area contributed by atoms with E-state index in [1.807, 2.05) is 32.0 Å². The average Bonchev–Trinajstić information content (AvgIpc) is 2.38. The summed E-state index contributed by atoms with van der Waals surface area (Å²) in [5, 5.41) is 1.50. The van der Waals surface area contributed by atoms with Crippen molar-refractivity contribution < 1.29 is 4.74 Å². The van der Waals surface area contributed by atoms with Gasteiger partial charge in [-0.2, -0.15) is 0 Å². The van der Waals surface area contributed by atoms with Gasteiger partial charge in [0.1, 0.15) is 12.4 Å². The first-order chi connectivity index (χ1) is 9.51. The van der Waals surface area contributed by atoms with Crippen molar-refractivity contribution in [1.29, 1.82) is 0 Å². The number of alkyl halides is 1. The van der Waals surface area contributed by atoms with Crippen LogP contribution >= 0.6 is 43.5 Å². The van der Waals surface area contributed by atoms with Crippen molar-refractivity contribution >= 4 is 43.5 Å². The largest absolute Gasteiger partial charge is 0.488 e. The molecule has 0 aliphatic carbocycles. The van der Waals surface area contributed by atoms with Gasteiger partial charge in [-0.1, -0.05) is 55.6 Å². The SMILES string of the molecule is Cc1ccc(COc2c(C)cc(Br)cc2CBr)c(Cl)c1. The summed E-state index contributed by atoms with van der Waals surface area (Å²) < 4.78 is 7.05. The molecule has 2 aromatic rings. The molecule has 0 saturated carbocycles. The van der Waals surface area contributed by atoms with Crippen LogP contribution in [0.15, 0.2) is 34.8 Å². The molecule has 2 aromatic carbocycles. The zero-order chi connectivity index (χ0) is 14.7. The minimum Gasteiger partial charge on any atom is -0.488 e. The first kappa shape index (κ1) is 15.9. The van der Waals surface area contributed by atoms with E-state index in [4.69, 9.17) is 16.3 Å². The monoisotopic (exact) mass is 416 g/mol. The highest BCUT2D eigenvalue weighted by Crippen LogP contribution is 2.31. The van der Waals surface area contributed by atoms with Crippen molar-refractivity contribution in [3.8, 4) is 5.75 Å². The lowest BCUT2D eigenvalue weighted by atomic mass is 10.1. The van der Waals surface area contributed by atoms with Crippen LogP contribution in [0.5, 0.6) is 5.75 Å². The highest BCUT2D eigenvalue weighted by atomic mass is 79.9. The summed E-state index contributed by atoms with van der Waals surface area (Å²) in [4.78, 5) is 0. The predicted molar refractivity (Wildman–Crippen MR) is 92.0 cm³/mol. The molecule has 0 heterocycles. The van der Waals surface area contributed by atoms with Crippen LogP contribution < -0.4 is 4.74 Å². The Morgan fingerprint density at radius 3 is 2.50 bits per heavy atom. The van der Waals surface area contributed by atoms with Gasteiger partial charge in [0.25, 0.3) is 0 Å². The Morgan fingerprint density at radius 2 is 1.85 bits per heavy atom. The molecule has 0 atom stereocenters. The Kier molecular flexibility index (Phi) is 5.53. The number of hydrogen-bond donors (Lipinski definition) is 0. The molecule has 0 radical (unpaired) electrons. The van der Waals surface area contributed by atoms with Crippen LogP contribution in [-0.4, -0.2) is 0 Å². The summed E-state index contributed by atoms with van der Waals surface area (Å²) in [6.07, 6.45) is 0. The van der Waals surface area contributed by atoms with Gasteiger partial charge < -0.3 is 4.74 Å². The van der Waals surface area contributed by atoms with E-state index in [-0.39, 0.29) is 0 Å². The summed E-state index contributed by atoms with van der Waals surface area (Å²) in [7, 11) is 0. The number of hydrogen-bond acceptors (Lipinski definition) is 1. The molecule has 0 spiro atoms. The van der Waals surface area contributed by atoms with E-state index >= 15 is 0 Å². The summed E-state index contributed by atoms with van der Waals surface area (Å²) in [5.41, 5.74) is 4.39. The Hall–Kier alpha value is -0.510. The van der Waals surface area contributed by atoms with Crippen molar-refractivity contribution in [3.05, 3.63) is 62.1 Å². The van der Waals surface area contributed by atoms with Crippen LogP contribution in [-0.2, 0) is 11.9 Å². The maximum absolute atomic E-state index is 6.24. The van der Waals surface area contributed by atoms with Crippen LogP contribution in [0.4, 0.5) is 0 Å². The van der Waals surface area contributed by atoms with Gasteiger partial charge >= 0.3 is 0 Å². The third-order valence-electron chi connectivity index (χ3n) is 3.04. The maximum atomic E-state index is 6.24. The van der Waals surface area contributed by atoms with Gasteiger partial charge in [0.05, 0.1) is 0 Å². The van der Waals surface area contributed by atoms with Gasteiger partial charge in [0.15, 0.2) is 0 Å². The normalized spacial score (nSPS) is 10.7. The highest BCUT2D eigenvalue weighted by molar-refractivity contribution is 9.10. The van der Waals surface area contributed by atoms with Crippen molar-refractivity contribution in [2.75, 3.05) is 0 Å². The van der Waals surface area contributed by atoms with Crippen molar-refractivity contribution in [2.24, 2.45) is 0 Å². The predicted octanol–water partition coefficient (Wildman–Crippen LogP) is 6.19. The van der Waals surface area contributed by atoms with E-state index in [0.717, 1.165) is 42.8 Å². The molecule has 0 amide bonds. The molecule has 1 nitrogen and oxygen atoms in total. The van der Waals surface area contributed by atoms with E-state index in [1.165, 1.54) is 0 Å². The third-order valence-corrected chi connectivity index (χ3v) is 4.45. The lowest BCUT2D eigenvalue weighted by molar-refractivity contribution is 0.302. The van der Waals surface area contributed by atoms with Gasteiger partial charge in [-0.15, -0.1) is 0 Å². The molecule has 0 bridgehead atoms. The second kappa shape index (κ2) is 6.97. The Morgan fingerprint density at radius 1 is 1.10 bits per heavy atom. The molecule has 2 rings (SSSR count). The summed E-state index contributed by atoms with van der Waals surface area (Å²) in [5.74, 6) is 0.918. The van der Waals surface area contributed by atoms with Crippen LogP contribution in [0.2, 0.25) is 5.02 Å². The van der Waals surface area contributed by atoms with E-state index in [2.05, 4.69) is 44.0 Å². The van der Waals surface area contributed by atoms with E-state index in [1.54, 1.807) is 0 Å². The fourth-order valence-electron chi connectivity index (χ4n) is 2.02. The fourth-order valence-corrected chi connectivity index (χ4v) is 3.35. The minimum absolute atomic E-state index is 0.474. The Bertz CT molecular complexity index is 626. The van der Waals surface area contributed by atoms with E-state index < -0.39 is 0 Å². The van der Waals surface area contributed by atoms with Gasteiger partial charge in [-0.05, 0) is 43.2 Å².